The summed E-state index contributed by atoms with van der Waals surface area (Å²) in [7, 11) is 1.41. The number of halogens is 1. The summed E-state index contributed by atoms with van der Waals surface area (Å²) in [6.45, 7) is 7.19. The second-order valence-corrected chi connectivity index (χ2v) is 6.25. The Labute approximate surface area is 179 Å². The standard InChI is InChI=1S/C18H34N4O4.HI/c1-4-19-17(20-12-8-6-7-9-16(23)25-3)21-15-10-13-22(14-11-15)18(24)26-5-2;/h15H,4-14H2,1-3H3,(H2,19,20,21);1H. The van der Waals surface area contributed by atoms with Crippen LogP contribution in [0.5, 0.6) is 0 Å². The summed E-state index contributed by atoms with van der Waals surface area (Å²) in [4.78, 5) is 29.2. The predicted octanol–water partition coefficient (Wildman–Crippen LogP) is 2.51. The van der Waals surface area contributed by atoms with E-state index >= 15 is 0 Å². The molecule has 0 unspecified atom stereocenters. The Hall–Kier alpha value is -1.26. The van der Waals surface area contributed by atoms with Gasteiger partial charge >= 0.3 is 12.1 Å². The Morgan fingerprint density at radius 2 is 1.85 bits per heavy atom. The van der Waals surface area contributed by atoms with Crippen LogP contribution >= 0.6 is 24.0 Å². The lowest BCUT2D eigenvalue weighted by Gasteiger charge is -2.32. The second-order valence-electron chi connectivity index (χ2n) is 6.25. The molecule has 0 aromatic carbocycles. The maximum atomic E-state index is 11.7. The molecule has 0 bridgehead atoms. The third-order valence-electron chi connectivity index (χ3n) is 4.24. The molecule has 9 heteroatoms. The van der Waals surface area contributed by atoms with Gasteiger partial charge in [-0.3, -0.25) is 9.79 Å². The summed E-state index contributed by atoms with van der Waals surface area (Å²) in [5.74, 6) is 0.660. The zero-order valence-corrected chi connectivity index (χ0v) is 19.1. The van der Waals surface area contributed by atoms with Gasteiger partial charge in [-0.15, -0.1) is 24.0 Å². The number of carbonyl (C=O) groups excluding carboxylic acids is 2. The molecule has 27 heavy (non-hydrogen) atoms. The number of methoxy groups -OCH3 is 1. The van der Waals surface area contributed by atoms with Crippen molar-refractivity contribution in [3.63, 3.8) is 0 Å². The van der Waals surface area contributed by atoms with E-state index in [1.807, 2.05) is 13.8 Å². The molecule has 0 aromatic rings. The third-order valence-corrected chi connectivity index (χ3v) is 4.24. The third kappa shape index (κ3) is 11.2. The molecule has 158 valence electrons. The fourth-order valence-electron chi connectivity index (χ4n) is 2.79. The van der Waals surface area contributed by atoms with E-state index in [-0.39, 0.29) is 36.0 Å². The molecular formula is C18H35IN4O4. The highest BCUT2D eigenvalue weighted by atomic mass is 127. The number of unbranched alkanes of at least 4 members (excludes halogenated alkanes) is 2. The van der Waals surface area contributed by atoms with E-state index < -0.39 is 0 Å². The van der Waals surface area contributed by atoms with Crippen molar-refractivity contribution < 1.29 is 19.1 Å². The maximum absolute atomic E-state index is 11.7. The number of rotatable bonds is 9. The van der Waals surface area contributed by atoms with Gasteiger partial charge < -0.3 is 25.0 Å². The van der Waals surface area contributed by atoms with Gasteiger partial charge in [-0.2, -0.15) is 0 Å². The van der Waals surface area contributed by atoms with Crippen LogP contribution in [0.1, 0.15) is 52.4 Å². The van der Waals surface area contributed by atoms with Gasteiger partial charge in [0.15, 0.2) is 5.96 Å². The summed E-state index contributed by atoms with van der Waals surface area (Å²) < 4.78 is 9.67. The highest BCUT2D eigenvalue weighted by molar-refractivity contribution is 14.0. The number of nitrogens with one attached hydrogen (secondary N) is 2. The van der Waals surface area contributed by atoms with Gasteiger partial charge in [-0.25, -0.2) is 4.79 Å². The Kier molecular flexibility index (Phi) is 15.0. The number of carbonyl (C=O) groups is 2. The summed E-state index contributed by atoms with van der Waals surface area (Å²) in [6.07, 6.45) is 4.73. The molecule has 0 aromatic heterocycles. The first kappa shape index (κ1) is 25.7. The number of likely N-dealkylation sites (tertiary alicyclic amines) is 1. The van der Waals surface area contributed by atoms with Crippen LogP contribution in [0.25, 0.3) is 0 Å². The van der Waals surface area contributed by atoms with Crippen LogP contribution < -0.4 is 10.6 Å². The molecule has 0 spiro atoms. The fraction of sp³-hybridized carbons (Fsp3) is 0.833. The van der Waals surface area contributed by atoms with Gasteiger partial charge in [0.1, 0.15) is 0 Å². The quantitative estimate of drug-likeness (QED) is 0.167. The first-order valence-electron chi connectivity index (χ1n) is 9.64. The second kappa shape index (κ2) is 15.8. The van der Waals surface area contributed by atoms with Crippen LogP contribution in [0.2, 0.25) is 0 Å². The topological polar surface area (TPSA) is 92.3 Å². The number of aliphatic imine (C=N–C) groups is 1. The first-order valence-corrected chi connectivity index (χ1v) is 9.64. The molecule has 0 aliphatic carbocycles. The molecule has 8 nitrogen and oxygen atoms in total. The molecular weight excluding hydrogens is 463 g/mol. The Bertz CT molecular complexity index is 455. The zero-order chi connectivity index (χ0) is 19.2. The molecule has 1 rings (SSSR count). The molecule has 1 saturated heterocycles. The molecule has 2 N–H and O–H groups in total. The summed E-state index contributed by atoms with van der Waals surface area (Å²) >= 11 is 0. The van der Waals surface area contributed by atoms with Crippen molar-refractivity contribution in [1.29, 1.82) is 0 Å². The minimum atomic E-state index is -0.224. The van der Waals surface area contributed by atoms with E-state index in [0.717, 1.165) is 51.2 Å². The molecule has 0 atom stereocenters. The minimum absolute atomic E-state index is 0. The van der Waals surface area contributed by atoms with Gasteiger partial charge in [-0.1, -0.05) is 6.42 Å². The first-order chi connectivity index (χ1) is 12.6. The van der Waals surface area contributed by atoms with Crippen LogP contribution in [0.3, 0.4) is 0 Å². The van der Waals surface area contributed by atoms with Crippen molar-refractivity contribution in [3.05, 3.63) is 0 Å². The van der Waals surface area contributed by atoms with Gasteiger partial charge in [0, 0.05) is 38.6 Å². The van der Waals surface area contributed by atoms with Crippen LogP contribution in [-0.4, -0.2) is 68.9 Å². The number of amides is 1. The lowest BCUT2D eigenvalue weighted by atomic mass is 10.1. The average Bonchev–Trinajstić information content (AvgIpc) is 2.65. The van der Waals surface area contributed by atoms with E-state index in [9.17, 15) is 9.59 Å². The Balaban J connectivity index is 0.00000676. The van der Waals surface area contributed by atoms with Crippen molar-refractivity contribution in [1.82, 2.24) is 15.5 Å². The fourth-order valence-corrected chi connectivity index (χ4v) is 2.79. The SMILES string of the molecule is CCNC(=NCCCCCC(=O)OC)NC1CCN(C(=O)OCC)CC1.I. The lowest BCUT2D eigenvalue weighted by Crippen LogP contribution is -2.49. The van der Waals surface area contributed by atoms with Crippen LogP contribution in [0.4, 0.5) is 4.79 Å². The number of guanidine groups is 1. The Morgan fingerprint density at radius 3 is 2.44 bits per heavy atom. The number of ether oxygens (including phenoxy) is 2. The molecule has 1 aliphatic heterocycles. The summed E-state index contributed by atoms with van der Waals surface area (Å²) in [5.41, 5.74) is 0. The van der Waals surface area contributed by atoms with E-state index in [4.69, 9.17) is 4.74 Å². The molecule has 1 heterocycles. The van der Waals surface area contributed by atoms with Crippen LogP contribution in [-0.2, 0) is 14.3 Å². The van der Waals surface area contributed by atoms with Crippen LogP contribution in [0.15, 0.2) is 4.99 Å². The van der Waals surface area contributed by atoms with Crippen molar-refractivity contribution in [2.45, 2.75) is 58.4 Å². The molecule has 0 saturated carbocycles. The summed E-state index contributed by atoms with van der Waals surface area (Å²) in [6, 6.07) is 0.304. The van der Waals surface area contributed by atoms with Gasteiger partial charge in [0.05, 0.1) is 13.7 Å². The molecule has 0 radical (unpaired) electrons. The van der Waals surface area contributed by atoms with Crippen molar-refractivity contribution in [3.8, 4) is 0 Å². The number of hydrogen-bond acceptors (Lipinski definition) is 5. The largest absolute Gasteiger partial charge is 0.469 e. The van der Waals surface area contributed by atoms with Gasteiger partial charge in [0.25, 0.3) is 0 Å². The number of hydrogen-bond donors (Lipinski definition) is 2. The number of esters is 1. The van der Waals surface area contributed by atoms with E-state index in [1.165, 1.54) is 7.11 Å². The smallest absolute Gasteiger partial charge is 0.409 e. The van der Waals surface area contributed by atoms with Gasteiger partial charge in [0.2, 0.25) is 0 Å². The normalized spacial score (nSPS) is 14.9. The van der Waals surface area contributed by atoms with Crippen molar-refractivity contribution in [2.24, 2.45) is 4.99 Å². The monoisotopic (exact) mass is 498 g/mol. The number of nitrogens with zero attached hydrogens (tertiary/aromatic N) is 2. The molecule has 1 fully saturated rings. The summed E-state index contributed by atoms with van der Waals surface area (Å²) in [5, 5.41) is 6.71. The highest BCUT2D eigenvalue weighted by Crippen LogP contribution is 2.11. The zero-order valence-electron chi connectivity index (χ0n) is 16.8. The van der Waals surface area contributed by atoms with Crippen molar-refractivity contribution >= 4 is 42.0 Å². The average molecular weight is 498 g/mol. The lowest BCUT2D eigenvalue weighted by molar-refractivity contribution is -0.140. The van der Waals surface area contributed by atoms with E-state index in [2.05, 4.69) is 20.4 Å². The number of piperidine rings is 1. The predicted molar refractivity (Wildman–Crippen MR) is 117 cm³/mol. The van der Waals surface area contributed by atoms with Crippen LogP contribution in [0, 0.1) is 0 Å². The van der Waals surface area contributed by atoms with E-state index in [1.54, 1.807) is 4.90 Å². The van der Waals surface area contributed by atoms with Crippen molar-refractivity contribution in [2.75, 3.05) is 39.9 Å². The molecule has 1 aliphatic rings. The van der Waals surface area contributed by atoms with E-state index in [0.29, 0.717) is 32.2 Å². The maximum Gasteiger partial charge on any atom is 0.409 e. The molecule has 1 amide bonds. The minimum Gasteiger partial charge on any atom is -0.469 e. The Morgan fingerprint density at radius 1 is 1.15 bits per heavy atom. The van der Waals surface area contributed by atoms with Gasteiger partial charge in [-0.05, 0) is 39.5 Å². The highest BCUT2D eigenvalue weighted by Gasteiger charge is 2.23.